The molecule has 0 atom stereocenters. The monoisotopic (exact) mass is 97.0 g/mol. The van der Waals surface area contributed by atoms with Crippen molar-refractivity contribution in [3.8, 4) is 0 Å². The van der Waals surface area contributed by atoms with Gasteiger partial charge < -0.3 is 4.42 Å². The quantitative estimate of drug-likeness (QED) is 0.497. The number of oxazole rings is 1. The summed E-state index contributed by atoms with van der Waals surface area (Å²) in [5.74, 6) is -0.407. The van der Waals surface area contributed by atoms with Crippen molar-refractivity contribution in [1.82, 2.24) is 4.98 Å². The molecule has 1 aromatic heterocycles. The molecule has 0 saturated heterocycles. The second-order valence-corrected chi connectivity index (χ2v) is 0.852. The summed E-state index contributed by atoms with van der Waals surface area (Å²) in [4.78, 5) is 12.1. The number of aromatic amines is 1. The number of hydrogen-bond donors (Lipinski definition) is 1. The molecule has 4 radical (unpaired) electrons. The summed E-state index contributed by atoms with van der Waals surface area (Å²) in [5.41, 5.74) is 0. The lowest BCUT2D eigenvalue weighted by Crippen LogP contribution is -1.91. The fraction of sp³-hybridized carbons (Fsp3) is 0. The Morgan fingerprint density at radius 1 is 1.71 bits per heavy atom. The van der Waals surface area contributed by atoms with E-state index in [0.717, 1.165) is 0 Å². The molecule has 0 fully saturated rings. The minimum absolute atomic E-state index is 0. The molecule has 3 heteroatoms. The molecule has 1 heterocycles. The van der Waals surface area contributed by atoms with Crippen LogP contribution in [-0.4, -0.2) is 4.98 Å². The van der Waals surface area contributed by atoms with Crippen molar-refractivity contribution in [2.45, 2.75) is 0 Å². The topological polar surface area (TPSA) is 46.0 Å². The van der Waals surface area contributed by atoms with Crippen LogP contribution in [-0.2, 0) is 0 Å². The molecule has 0 aliphatic rings. The van der Waals surface area contributed by atoms with Crippen LogP contribution in [0.1, 0.15) is 0 Å². The van der Waals surface area contributed by atoms with E-state index in [1.54, 1.807) is 0 Å². The van der Waals surface area contributed by atoms with Crippen LogP contribution in [0.3, 0.4) is 0 Å². The van der Waals surface area contributed by atoms with Crippen LogP contribution in [0, 0.1) is 7.43 Å². The third kappa shape index (κ3) is 1.26. The van der Waals surface area contributed by atoms with E-state index in [9.17, 15) is 4.79 Å². The van der Waals surface area contributed by atoms with Gasteiger partial charge in [-0.3, -0.25) is 4.98 Å². The summed E-state index contributed by atoms with van der Waals surface area (Å²) in [6, 6.07) is 0. The molecule has 7 heavy (non-hydrogen) atoms. The lowest BCUT2D eigenvalue weighted by molar-refractivity contribution is 0.515. The van der Waals surface area contributed by atoms with Gasteiger partial charge in [-0.05, 0) is 0 Å². The highest BCUT2D eigenvalue weighted by Crippen LogP contribution is 1.62. The highest BCUT2D eigenvalue weighted by molar-refractivity contribution is 4.58. The van der Waals surface area contributed by atoms with Crippen LogP contribution in [0.15, 0.2) is 21.7 Å². The zero-order valence-electron chi connectivity index (χ0n) is 3.47. The van der Waals surface area contributed by atoms with E-state index in [4.69, 9.17) is 0 Å². The van der Waals surface area contributed by atoms with Crippen LogP contribution < -0.4 is 5.76 Å². The predicted molar refractivity (Wildman–Crippen MR) is 22.6 cm³/mol. The molecular weight excluding hydrogens is 94.0 g/mol. The average Bonchev–Trinajstić information content (AvgIpc) is 1.86. The first kappa shape index (κ1) is 6.01. The van der Waals surface area contributed by atoms with Gasteiger partial charge >= 0.3 is 5.76 Å². The molecule has 0 bridgehead atoms. The van der Waals surface area contributed by atoms with Crippen LogP contribution in [0.5, 0.6) is 0 Å². The number of rotatable bonds is 0. The Kier molecular flexibility index (Phi) is 1.91. The molecule has 0 aliphatic heterocycles. The maximum atomic E-state index is 9.85. The number of H-pyrrole nitrogens is 1. The first-order valence-corrected chi connectivity index (χ1v) is 1.52. The second-order valence-electron chi connectivity index (χ2n) is 0.852. The van der Waals surface area contributed by atoms with Gasteiger partial charge in [-0.15, -0.1) is 0 Å². The Morgan fingerprint density at radius 2 is 2.43 bits per heavy atom. The van der Waals surface area contributed by atoms with Crippen molar-refractivity contribution in [1.29, 1.82) is 0 Å². The zero-order valence-corrected chi connectivity index (χ0v) is 3.47. The molecule has 0 aromatic carbocycles. The fourth-order valence-corrected chi connectivity index (χ4v) is 0.232. The molecule has 0 spiro atoms. The lowest BCUT2D eigenvalue weighted by Gasteiger charge is -1.51. The number of nitrogens with one attached hydrogen (secondary N) is 1. The molecule has 0 unspecified atom stereocenters. The van der Waals surface area contributed by atoms with E-state index in [2.05, 4.69) is 9.40 Å². The largest absolute Gasteiger partial charge is 0.417 e. The molecule has 0 saturated carbocycles. The summed E-state index contributed by atoms with van der Waals surface area (Å²) < 4.78 is 4.22. The zero-order chi connectivity index (χ0) is 4.41. The smallest absolute Gasteiger partial charge is 0.416 e. The van der Waals surface area contributed by atoms with E-state index in [-0.39, 0.29) is 7.43 Å². The van der Waals surface area contributed by atoms with Crippen molar-refractivity contribution in [3.63, 3.8) is 0 Å². The van der Waals surface area contributed by atoms with Gasteiger partial charge in [-0.2, -0.15) is 0 Å². The maximum absolute atomic E-state index is 9.85. The minimum Gasteiger partial charge on any atom is -0.417 e. The third-order valence-electron chi connectivity index (χ3n) is 0.444. The Hall–Kier alpha value is -0.990. The highest BCUT2D eigenvalue weighted by atomic mass is 16.4. The van der Waals surface area contributed by atoms with Gasteiger partial charge in [-0.25, -0.2) is 4.79 Å². The first-order chi connectivity index (χ1) is 2.89. The summed E-state index contributed by atoms with van der Waals surface area (Å²) in [5, 5.41) is 0. The Bertz CT molecular complexity index is 147. The van der Waals surface area contributed by atoms with Gasteiger partial charge in [0.15, 0.2) is 0 Å². The normalized spacial score (nSPS) is 7.43. The molecule has 0 amide bonds. The van der Waals surface area contributed by atoms with Gasteiger partial charge in [0.2, 0.25) is 0 Å². The number of hydrogen-bond acceptors (Lipinski definition) is 2. The van der Waals surface area contributed by atoms with Gasteiger partial charge in [0.05, 0.1) is 0 Å². The van der Waals surface area contributed by atoms with E-state index >= 15 is 0 Å². The SMILES string of the molecule is O=c1[nH]cco1.[C]. The molecule has 1 aromatic rings. The van der Waals surface area contributed by atoms with Gasteiger partial charge in [0.25, 0.3) is 0 Å². The third-order valence-corrected chi connectivity index (χ3v) is 0.444. The predicted octanol–water partition coefficient (Wildman–Crippen LogP) is 0.0492. The van der Waals surface area contributed by atoms with Crippen molar-refractivity contribution in [2.75, 3.05) is 0 Å². The molecule has 3 nitrogen and oxygen atoms in total. The van der Waals surface area contributed by atoms with Crippen molar-refractivity contribution in [2.24, 2.45) is 0 Å². The standard InChI is InChI=1S/C3H3NO2.C/c5-3-4-1-2-6-3;/h1-2H,(H,4,5);. The number of aromatic nitrogens is 1. The summed E-state index contributed by atoms with van der Waals surface area (Å²) in [6.07, 6.45) is 2.73. The van der Waals surface area contributed by atoms with Crippen molar-refractivity contribution in [3.05, 3.63) is 30.4 Å². The first-order valence-electron chi connectivity index (χ1n) is 1.52. The summed E-state index contributed by atoms with van der Waals surface area (Å²) in [6.45, 7) is 0. The Balaban J connectivity index is 0.000000360. The van der Waals surface area contributed by atoms with Crippen molar-refractivity contribution >= 4 is 0 Å². The molecule has 36 valence electrons. The van der Waals surface area contributed by atoms with Gasteiger partial charge in [0.1, 0.15) is 6.26 Å². The van der Waals surface area contributed by atoms with Crippen LogP contribution in [0.4, 0.5) is 0 Å². The molecule has 0 aliphatic carbocycles. The maximum Gasteiger partial charge on any atom is 0.416 e. The van der Waals surface area contributed by atoms with E-state index in [1.807, 2.05) is 0 Å². The van der Waals surface area contributed by atoms with Gasteiger partial charge in [0, 0.05) is 13.6 Å². The highest BCUT2D eigenvalue weighted by Gasteiger charge is 1.72. The Morgan fingerprint density at radius 3 is 2.57 bits per heavy atom. The van der Waals surface area contributed by atoms with E-state index < -0.39 is 5.76 Å². The van der Waals surface area contributed by atoms with E-state index in [0.29, 0.717) is 0 Å². The average molecular weight is 97.1 g/mol. The fourth-order valence-electron chi connectivity index (χ4n) is 0.232. The van der Waals surface area contributed by atoms with Gasteiger partial charge in [-0.1, -0.05) is 0 Å². The molecule has 1 N–H and O–H groups in total. The van der Waals surface area contributed by atoms with E-state index in [1.165, 1.54) is 12.5 Å². The Labute approximate surface area is 41.0 Å². The molecule has 1 rings (SSSR count). The minimum atomic E-state index is -0.407. The second kappa shape index (κ2) is 2.23. The van der Waals surface area contributed by atoms with Crippen LogP contribution >= 0.6 is 0 Å². The lowest BCUT2D eigenvalue weighted by atomic mass is 11.0. The summed E-state index contributed by atoms with van der Waals surface area (Å²) >= 11 is 0. The van der Waals surface area contributed by atoms with Crippen LogP contribution in [0.25, 0.3) is 0 Å². The van der Waals surface area contributed by atoms with Crippen molar-refractivity contribution < 1.29 is 4.42 Å². The molecular formula is C4H3NO2. The summed E-state index contributed by atoms with van der Waals surface area (Å²) in [7, 11) is 0. The van der Waals surface area contributed by atoms with Crippen LogP contribution in [0.2, 0.25) is 0 Å².